The van der Waals surface area contributed by atoms with Crippen LogP contribution in [-0.2, 0) is 4.79 Å². The summed E-state index contributed by atoms with van der Waals surface area (Å²) in [6, 6.07) is 0.249. The Kier molecular flexibility index (Phi) is 4.10. The molecule has 3 aliphatic rings. The summed E-state index contributed by atoms with van der Waals surface area (Å²) in [5.41, 5.74) is 1.40. The number of anilines is 2. The van der Waals surface area contributed by atoms with Gasteiger partial charge in [-0.15, -0.1) is 0 Å². The standard InChI is InChI=1S/C18H22N8O2/c27-15-13(22-18(28)24-15)8-10-9-19-26-14(10)23-16(20-11-4-2-1-3-5-11)25-17(26)21-12-6-7-12/h8-9,11-12H,1-7H2,(H2,20,21,23,25)(H2,22,24,27,28)/b13-8-. The minimum absolute atomic E-state index is 0.178. The number of fused-ring (bicyclic) bond motifs is 1. The van der Waals surface area contributed by atoms with E-state index in [1.54, 1.807) is 16.8 Å². The topological polar surface area (TPSA) is 125 Å². The molecule has 146 valence electrons. The summed E-state index contributed by atoms with van der Waals surface area (Å²) >= 11 is 0. The predicted molar refractivity (Wildman–Crippen MR) is 103 cm³/mol. The van der Waals surface area contributed by atoms with Crippen LogP contribution >= 0.6 is 0 Å². The smallest absolute Gasteiger partial charge is 0.326 e. The average molecular weight is 382 g/mol. The molecule has 0 bridgehead atoms. The van der Waals surface area contributed by atoms with Crippen molar-refractivity contribution in [1.29, 1.82) is 0 Å². The number of amides is 3. The second-order valence-electron chi connectivity index (χ2n) is 7.57. The van der Waals surface area contributed by atoms with E-state index in [1.165, 1.54) is 19.3 Å². The van der Waals surface area contributed by atoms with Crippen LogP contribution in [0.3, 0.4) is 0 Å². The van der Waals surface area contributed by atoms with Crippen molar-refractivity contribution in [3.05, 3.63) is 17.5 Å². The molecule has 3 heterocycles. The van der Waals surface area contributed by atoms with E-state index in [4.69, 9.17) is 0 Å². The largest absolute Gasteiger partial charge is 0.351 e. The molecular weight excluding hydrogens is 360 g/mol. The summed E-state index contributed by atoms with van der Waals surface area (Å²) in [7, 11) is 0. The molecule has 3 fully saturated rings. The van der Waals surface area contributed by atoms with Gasteiger partial charge in [-0.05, 0) is 31.8 Å². The van der Waals surface area contributed by atoms with Gasteiger partial charge in [0.05, 0.1) is 6.20 Å². The van der Waals surface area contributed by atoms with E-state index in [0.717, 1.165) is 25.7 Å². The molecule has 2 aliphatic carbocycles. The van der Waals surface area contributed by atoms with Crippen molar-refractivity contribution in [3.63, 3.8) is 0 Å². The number of aromatic nitrogens is 4. The van der Waals surface area contributed by atoms with Crippen molar-refractivity contribution in [3.8, 4) is 0 Å². The van der Waals surface area contributed by atoms with Gasteiger partial charge in [-0.1, -0.05) is 19.3 Å². The lowest BCUT2D eigenvalue weighted by atomic mass is 9.96. The molecular formula is C18H22N8O2. The number of nitrogens with zero attached hydrogens (tertiary/aromatic N) is 4. The minimum atomic E-state index is -0.530. The maximum Gasteiger partial charge on any atom is 0.326 e. The highest BCUT2D eigenvalue weighted by Gasteiger charge is 2.26. The SMILES string of the molecule is O=C1NC(=O)/C(=C/c2cnn3c(NC4CC4)nc(NC4CCCCC4)nc23)N1. The molecule has 4 N–H and O–H groups in total. The first-order valence-corrected chi connectivity index (χ1v) is 9.78. The van der Waals surface area contributed by atoms with Crippen molar-refractivity contribution in [2.45, 2.75) is 57.0 Å². The van der Waals surface area contributed by atoms with E-state index < -0.39 is 11.9 Å². The zero-order valence-corrected chi connectivity index (χ0v) is 15.4. The Labute approximate surface area is 161 Å². The Balaban J connectivity index is 1.52. The summed E-state index contributed by atoms with van der Waals surface area (Å²) in [6.45, 7) is 0. The molecule has 10 nitrogen and oxygen atoms in total. The maximum atomic E-state index is 11.8. The van der Waals surface area contributed by atoms with Crippen LogP contribution in [-0.4, -0.2) is 43.6 Å². The second-order valence-corrected chi connectivity index (χ2v) is 7.57. The molecule has 0 unspecified atom stereocenters. The summed E-state index contributed by atoms with van der Waals surface area (Å²) in [5, 5.41) is 15.9. The summed E-state index contributed by atoms with van der Waals surface area (Å²) in [4.78, 5) is 32.5. The van der Waals surface area contributed by atoms with Gasteiger partial charge in [-0.3, -0.25) is 10.1 Å². The third-order valence-electron chi connectivity index (χ3n) is 5.26. The van der Waals surface area contributed by atoms with Crippen LogP contribution in [0.4, 0.5) is 16.7 Å². The average Bonchev–Trinajstić information content (AvgIpc) is 3.32. The molecule has 28 heavy (non-hydrogen) atoms. The maximum absolute atomic E-state index is 11.8. The van der Waals surface area contributed by atoms with E-state index >= 15 is 0 Å². The molecule has 1 saturated heterocycles. The van der Waals surface area contributed by atoms with E-state index in [1.807, 2.05) is 0 Å². The third kappa shape index (κ3) is 3.37. The summed E-state index contributed by atoms with van der Waals surface area (Å²) in [5.74, 6) is 0.730. The normalized spacial score (nSPS) is 21.8. The number of urea groups is 1. The lowest BCUT2D eigenvalue weighted by Gasteiger charge is -2.23. The molecule has 0 spiro atoms. The lowest BCUT2D eigenvalue weighted by molar-refractivity contribution is -0.115. The second kappa shape index (κ2) is 6.77. The molecule has 0 aromatic carbocycles. The minimum Gasteiger partial charge on any atom is -0.351 e. The van der Waals surface area contributed by atoms with Crippen LogP contribution < -0.4 is 21.3 Å². The molecule has 0 radical (unpaired) electrons. The highest BCUT2D eigenvalue weighted by atomic mass is 16.2. The van der Waals surface area contributed by atoms with Crippen molar-refractivity contribution in [2.24, 2.45) is 0 Å². The molecule has 2 saturated carbocycles. The predicted octanol–water partition coefficient (Wildman–Crippen LogP) is 1.62. The van der Waals surface area contributed by atoms with Crippen LogP contribution in [0.25, 0.3) is 11.7 Å². The summed E-state index contributed by atoms with van der Waals surface area (Å²) in [6.07, 6.45) is 11.4. The number of carbonyl (C=O) groups excluding carboxylic acids is 2. The third-order valence-corrected chi connectivity index (χ3v) is 5.26. The van der Waals surface area contributed by atoms with Gasteiger partial charge in [0.15, 0.2) is 5.65 Å². The van der Waals surface area contributed by atoms with E-state index in [0.29, 0.717) is 35.2 Å². The van der Waals surface area contributed by atoms with Gasteiger partial charge in [0, 0.05) is 17.6 Å². The Morgan fingerprint density at radius 1 is 1.00 bits per heavy atom. The van der Waals surface area contributed by atoms with Crippen molar-refractivity contribution in [1.82, 2.24) is 30.2 Å². The van der Waals surface area contributed by atoms with Gasteiger partial charge in [-0.2, -0.15) is 19.6 Å². The van der Waals surface area contributed by atoms with Crippen molar-refractivity contribution >= 4 is 35.6 Å². The first kappa shape index (κ1) is 17.0. The Hall–Kier alpha value is -3.17. The van der Waals surface area contributed by atoms with Crippen molar-refractivity contribution < 1.29 is 9.59 Å². The number of imide groups is 1. The fourth-order valence-corrected chi connectivity index (χ4v) is 3.63. The Morgan fingerprint density at radius 3 is 2.50 bits per heavy atom. The molecule has 2 aromatic heterocycles. The van der Waals surface area contributed by atoms with Crippen LogP contribution in [0, 0.1) is 0 Å². The molecule has 10 heteroatoms. The first-order valence-electron chi connectivity index (χ1n) is 9.78. The number of hydrogen-bond donors (Lipinski definition) is 4. The highest BCUT2D eigenvalue weighted by Crippen LogP contribution is 2.27. The zero-order valence-electron chi connectivity index (χ0n) is 15.4. The fraction of sp³-hybridized carbons (Fsp3) is 0.500. The van der Waals surface area contributed by atoms with Crippen LogP contribution in [0.2, 0.25) is 0 Å². The van der Waals surface area contributed by atoms with Crippen LogP contribution in [0.1, 0.15) is 50.5 Å². The van der Waals surface area contributed by atoms with Gasteiger partial charge in [0.1, 0.15) is 5.70 Å². The van der Waals surface area contributed by atoms with Gasteiger partial charge < -0.3 is 16.0 Å². The van der Waals surface area contributed by atoms with E-state index in [-0.39, 0.29) is 5.70 Å². The quantitative estimate of drug-likeness (QED) is 0.457. The van der Waals surface area contributed by atoms with Gasteiger partial charge >= 0.3 is 6.03 Å². The molecule has 3 amide bonds. The number of rotatable bonds is 5. The first-order chi connectivity index (χ1) is 13.7. The van der Waals surface area contributed by atoms with E-state index in [9.17, 15) is 9.59 Å². The van der Waals surface area contributed by atoms with Crippen molar-refractivity contribution in [2.75, 3.05) is 10.6 Å². The molecule has 0 atom stereocenters. The zero-order chi connectivity index (χ0) is 19.1. The molecule has 1 aliphatic heterocycles. The molecule has 5 rings (SSSR count). The van der Waals surface area contributed by atoms with E-state index in [2.05, 4.69) is 36.3 Å². The van der Waals surface area contributed by atoms with Gasteiger partial charge in [0.2, 0.25) is 11.9 Å². The summed E-state index contributed by atoms with van der Waals surface area (Å²) < 4.78 is 1.64. The van der Waals surface area contributed by atoms with Crippen LogP contribution in [0.5, 0.6) is 0 Å². The number of nitrogens with one attached hydrogen (secondary N) is 4. The number of hydrogen-bond acceptors (Lipinski definition) is 7. The van der Waals surface area contributed by atoms with Gasteiger partial charge in [-0.25, -0.2) is 4.79 Å². The number of carbonyl (C=O) groups is 2. The van der Waals surface area contributed by atoms with Gasteiger partial charge in [0.25, 0.3) is 5.91 Å². The lowest BCUT2D eigenvalue weighted by Crippen LogP contribution is -2.24. The Morgan fingerprint density at radius 2 is 1.79 bits per heavy atom. The Bertz CT molecular complexity index is 971. The fourth-order valence-electron chi connectivity index (χ4n) is 3.63. The highest BCUT2D eigenvalue weighted by molar-refractivity contribution is 6.14. The molecule has 2 aromatic rings. The monoisotopic (exact) mass is 382 g/mol. The van der Waals surface area contributed by atoms with Crippen LogP contribution in [0.15, 0.2) is 11.9 Å².